The molecule has 0 fully saturated rings. The molecule has 1 N–H and O–H groups in total. The number of rotatable bonds is 4. The van der Waals surface area contributed by atoms with Crippen molar-refractivity contribution in [2.24, 2.45) is 0 Å². The number of nitrogens with zero attached hydrogens (tertiary/aromatic N) is 6. The summed E-state index contributed by atoms with van der Waals surface area (Å²) in [5, 5.41) is 12.4. The van der Waals surface area contributed by atoms with E-state index in [1.807, 2.05) is 6.07 Å². The lowest BCUT2D eigenvalue weighted by molar-refractivity contribution is 0.356. The van der Waals surface area contributed by atoms with Crippen LogP contribution < -0.4 is 10.1 Å². The van der Waals surface area contributed by atoms with Crippen LogP contribution in [0.5, 0.6) is 5.75 Å². The average molecular weight is 387 g/mol. The molecule has 0 bridgehead atoms. The minimum atomic E-state index is -0.294. The molecule has 1 aliphatic rings. The second-order valence-corrected chi connectivity index (χ2v) is 6.47. The summed E-state index contributed by atoms with van der Waals surface area (Å²) in [6.07, 6.45) is 8.62. The molecule has 9 heteroatoms. The number of nitrogens with one attached hydrogen (secondary N) is 1. The molecular formula is C20H14FN7O. The van der Waals surface area contributed by atoms with Gasteiger partial charge in [-0.2, -0.15) is 5.26 Å². The van der Waals surface area contributed by atoms with E-state index in [4.69, 9.17) is 4.74 Å². The van der Waals surface area contributed by atoms with E-state index < -0.39 is 0 Å². The highest BCUT2D eigenvalue weighted by molar-refractivity contribution is 5.75. The first-order chi connectivity index (χ1) is 14.2. The Morgan fingerprint density at radius 2 is 2.17 bits per heavy atom. The Morgan fingerprint density at radius 1 is 1.24 bits per heavy atom. The van der Waals surface area contributed by atoms with Crippen LogP contribution in [0.25, 0.3) is 16.9 Å². The van der Waals surface area contributed by atoms with Crippen LogP contribution in [0.1, 0.15) is 16.8 Å². The number of fused-ring (bicyclic) bond motifs is 2. The molecule has 8 nitrogen and oxygen atoms in total. The molecule has 29 heavy (non-hydrogen) atoms. The summed E-state index contributed by atoms with van der Waals surface area (Å²) in [5.74, 6) is 0.865. The van der Waals surface area contributed by atoms with Crippen LogP contribution in [0.3, 0.4) is 0 Å². The lowest BCUT2D eigenvalue weighted by Crippen LogP contribution is -2.09. The molecule has 0 atom stereocenters. The lowest BCUT2D eigenvalue weighted by atomic mass is 10.0. The lowest BCUT2D eigenvalue weighted by Gasteiger charge is -2.12. The second kappa shape index (κ2) is 6.83. The molecule has 0 spiro atoms. The number of imidazole rings is 1. The third-order valence-electron chi connectivity index (χ3n) is 4.81. The van der Waals surface area contributed by atoms with Crippen molar-refractivity contribution in [3.63, 3.8) is 0 Å². The minimum absolute atomic E-state index is 0.227. The maximum absolute atomic E-state index is 14.4. The van der Waals surface area contributed by atoms with Crippen molar-refractivity contribution in [2.75, 3.05) is 11.9 Å². The molecule has 1 aliphatic heterocycles. The van der Waals surface area contributed by atoms with Crippen molar-refractivity contribution in [1.29, 1.82) is 5.26 Å². The van der Waals surface area contributed by atoms with E-state index in [-0.39, 0.29) is 18.1 Å². The molecule has 4 aromatic rings. The number of halogens is 1. The van der Waals surface area contributed by atoms with Gasteiger partial charge in [0.25, 0.3) is 0 Å². The molecule has 0 saturated heterocycles. The Hall–Kier alpha value is -4.06. The quantitative estimate of drug-likeness (QED) is 0.574. The smallest absolute Gasteiger partial charge is 0.208 e. The molecule has 3 aromatic heterocycles. The zero-order valence-corrected chi connectivity index (χ0v) is 15.1. The van der Waals surface area contributed by atoms with Gasteiger partial charge in [0.2, 0.25) is 5.95 Å². The first kappa shape index (κ1) is 17.1. The maximum atomic E-state index is 14.4. The van der Waals surface area contributed by atoms with E-state index in [1.54, 1.807) is 41.5 Å². The van der Waals surface area contributed by atoms with Crippen molar-refractivity contribution >= 4 is 11.6 Å². The van der Waals surface area contributed by atoms with Gasteiger partial charge in [0.15, 0.2) is 11.3 Å². The molecule has 0 radical (unpaired) electrons. The molecule has 142 valence electrons. The maximum Gasteiger partial charge on any atom is 0.208 e. The van der Waals surface area contributed by atoms with Gasteiger partial charge in [0, 0.05) is 42.7 Å². The fraction of sp³-hybridized carbons (Fsp3) is 0.150. The van der Waals surface area contributed by atoms with Gasteiger partial charge in [-0.25, -0.2) is 14.4 Å². The zero-order chi connectivity index (χ0) is 19.8. The first-order valence-electron chi connectivity index (χ1n) is 8.96. The highest BCUT2D eigenvalue weighted by atomic mass is 19.1. The summed E-state index contributed by atoms with van der Waals surface area (Å²) < 4.78 is 21.6. The Balaban J connectivity index is 1.55. The van der Waals surface area contributed by atoms with Gasteiger partial charge in [-0.05, 0) is 12.1 Å². The monoisotopic (exact) mass is 387 g/mol. The summed E-state index contributed by atoms with van der Waals surface area (Å²) >= 11 is 0. The molecule has 0 saturated carbocycles. The predicted molar refractivity (Wildman–Crippen MR) is 102 cm³/mol. The predicted octanol–water partition coefficient (Wildman–Crippen LogP) is 2.74. The van der Waals surface area contributed by atoms with Gasteiger partial charge in [0.05, 0.1) is 30.3 Å². The normalized spacial score (nSPS) is 12.4. The third-order valence-corrected chi connectivity index (χ3v) is 4.81. The van der Waals surface area contributed by atoms with Crippen molar-refractivity contribution < 1.29 is 9.13 Å². The van der Waals surface area contributed by atoms with Crippen LogP contribution in [-0.4, -0.2) is 30.9 Å². The van der Waals surface area contributed by atoms with Crippen molar-refractivity contribution in [1.82, 2.24) is 24.3 Å². The SMILES string of the molecule is N#Cc1cn2c(NCc3c(F)ccc4c3CCO4)ncc(-c3cnccn3)c2n1. The Morgan fingerprint density at radius 3 is 3.00 bits per heavy atom. The van der Waals surface area contributed by atoms with Gasteiger partial charge in [0.1, 0.15) is 17.6 Å². The summed E-state index contributed by atoms with van der Waals surface area (Å²) in [5.41, 5.74) is 3.41. The van der Waals surface area contributed by atoms with E-state index in [1.165, 1.54) is 6.07 Å². The van der Waals surface area contributed by atoms with E-state index in [0.29, 0.717) is 47.2 Å². The van der Waals surface area contributed by atoms with Gasteiger partial charge in [-0.15, -0.1) is 0 Å². The van der Waals surface area contributed by atoms with Gasteiger partial charge < -0.3 is 10.1 Å². The fourth-order valence-electron chi connectivity index (χ4n) is 3.45. The Kier molecular flexibility index (Phi) is 4.02. The van der Waals surface area contributed by atoms with E-state index in [0.717, 1.165) is 5.56 Å². The first-order valence-corrected chi connectivity index (χ1v) is 8.96. The molecule has 5 rings (SSSR count). The van der Waals surface area contributed by atoms with E-state index >= 15 is 0 Å². The van der Waals surface area contributed by atoms with E-state index in [9.17, 15) is 9.65 Å². The third kappa shape index (κ3) is 2.91. The largest absolute Gasteiger partial charge is 0.493 e. The molecule has 4 heterocycles. The van der Waals surface area contributed by atoms with Crippen LogP contribution in [0, 0.1) is 17.1 Å². The summed E-state index contributed by atoms with van der Waals surface area (Å²) in [6.45, 7) is 0.777. The summed E-state index contributed by atoms with van der Waals surface area (Å²) in [6, 6.07) is 5.10. The number of aromatic nitrogens is 5. The molecular weight excluding hydrogens is 373 g/mol. The van der Waals surface area contributed by atoms with Gasteiger partial charge >= 0.3 is 0 Å². The van der Waals surface area contributed by atoms with Gasteiger partial charge in [-0.1, -0.05) is 0 Å². The molecule has 1 aromatic carbocycles. The average Bonchev–Trinajstić information content (AvgIpc) is 3.40. The van der Waals surface area contributed by atoms with Gasteiger partial charge in [-0.3, -0.25) is 14.4 Å². The second-order valence-electron chi connectivity index (χ2n) is 6.47. The Labute approximate surface area is 164 Å². The highest BCUT2D eigenvalue weighted by Crippen LogP contribution is 2.31. The standard InChI is InChI=1S/C20H14FN7O/c21-16-1-2-18-13(3-6-29-18)14(16)8-25-20-26-9-15(17-10-23-4-5-24-17)19-27-12(7-22)11-28(19)20/h1-2,4-5,9-11H,3,6,8H2,(H,25,26). The topological polar surface area (TPSA) is 101 Å². The van der Waals surface area contributed by atoms with Crippen LogP contribution in [0.4, 0.5) is 10.3 Å². The minimum Gasteiger partial charge on any atom is -0.493 e. The molecule has 0 amide bonds. The summed E-state index contributed by atoms with van der Waals surface area (Å²) in [4.78, 5) is 17.2. The fourth-order valence-corrected chi connectivity index (χ4v) is 3.45. The van der Waals surface area contributed by atoms with E-state index in [2.05, 4.69) is 25.3 Å². The molecule has 0 aliphatic carbocycles. The molecule has 0 unspecified atom stereocenters. The van der Waals surface area contributed by atoms with Crippen LogP contribution >= 0.6 is 0 Å². The number of benzene rings is 1. The Bertz CT molecular complexity index is 1260. The number of anilines is 1. The van der Waals surface area contributed by atoms with Crippen LogP contribution in [0.2, 0.25) is 0 Å². The number of nitriles is 1. The van der Waals surface area contributed by atoms with Crippen LogP contribution in [0.15, 0.2) is 43.1 Å². The number of hydrogen-bond donors (Lipinski definition) is 1. The number of ether oxygens (including phenoxy) is 1. The van der Waals surface area contributed by atoms with Crippen LogP contribution in [-0.2, 0) is 13.0 Å². The van der Waals surface area contributed by atoms with Crippen molar-refractivity contribution in [2.45, 2.75) is 13.0 Å². The summed E-state index contributed by atoms with van der Waals surface area (Å²) in [7, 11) is 0. The van der Waals surface area contributed by atoms with Crippen molar-refractivity contribution in [3.05, 3.63) is 65.8 Å². The number of hydrogen-bond acceptors (Lipinski definition) is 7. The highest BCUT2D eigenvalue weighted by Gasteiger charge is 2.20. The zero-order valence-electron chi connectivity index (χ0n) is 15.1. The van der Waals surface area contributed by atoms with Crippen molar-refractivity contribution in [3.8, 4) is 23.1 Å².